The van der Waals surface area contributed by atoms with Gasteiger partial charge in [-0.3, -0.25) is 9.97 Å². The topological polar surface area (TPSA) is 77.3 Å². The third-order valence-corrected chi connectivity index (χ3v) is 8.95. The smallest absolute Gasteiger partial charge is 0.305 e. The molecule has 0 aliphatic heterocycles. The van der Waals surface area contributed by atoms with Crippen molar-refractivity contribution in [2.75, 3.05) is 0 Å². The first-order valence-corrected chi connectivity index (χ1v) is 22.9. The van der Waals surface area contributed by atoms with Crippen LogP contribution >= 0.6 is 0 Å². The van der Waals surface area contributed by atoms with Gasteiger partial charge in [0, 0.05) is 49.6 Å². The van der Waals surface area contributed by atoms with Gasteiger partial charge in [0.1, 0.15) is 0 Å². The molecule has 6 aromatic carbocycles. The monoisotopic (exact) mass is 1310 g/mol. The van der Waals surface area contributed by atoms with Crippen LogP contribution in [-0.2, 0) is 40.2 Å². The first kappa shape index (κ1) is 59.8. The Hall–Kier alpha value is -8.48. The zero-order valence-electron chi connectivity index (χ0n) is 40.4. The quantitative estimate of drug-likeness (QED) is 0.163. The number of hydrogen-bond donors (Lipinski definition) is 0. The molecule has 0 amide bonds. The Bertz CT molecular complexity index is 2320. The molecule has 0 saturated carbocycles. The summed E-state index contributed by atoms with van der Waals surface area (Å²) >= 11 is 0. The molecule has 0 N–H and O–H groups in total. The maximum absolute atomic E-state index is 4.22. The van der Waals surface area contributed by atoms with Crippen LogP contribution in [0.4, 0.5) is 0 Å². The van der Waals surface area contributed by atoms with Crippen LogP contribution in [-0.4, -0.2) is 29.9 Å². The molecule has 0 bridgehead atoms. The summed E-state index contributed by atoms with van der Waals surface area (Å²) in [6.45, 7) is 0. The molecule has 0 aliphatic rings. The second kappa shape index (κ2) is 41.2. The number of benzene rings is 6. The second-order valence-electron chi connectivity index (χ2n) is 14.2. The van der Waals surface area contributed by atoms with Crippen LogP contribution in [0.25, 0.3) is 45.0 Å². The summed E-state index contributed by atoms with van der Waals surface area (Å²) in [7, 11) is 0. The molecule has 0 saturated heterocycles. The predicted octanol–water partition coefficient (Wildman–Crippen LogP) is 15.3. The minimum atomic E-state index is 0. The SMILES string of the molecule is [Ir+3].[Ir+3].[c-]1ccccc1.[c-]1ccccc1.[c-]1ccccc1-c1ccccn1.[c-]1ccccc1-c1ccccn1.[c-]1ccccc1-c1ccccn1.[c-]1ccccc1-c1ccccn1.c1ccncc1.c1ccncc1. The van der Waals surface area contributed by atoms with E-state index in [9.17, 15) is 0 Å². The molecule has 364 valence electrons. The molecule has 6 aromatic heterocycles. The third kappa shape index (κ3) is 27.2. The molecular formula is C66H52Ir2N6. The first-order valence-electron chi connectivity index (χ1n) is 22.9. The fourth-order valence-electron chi connectivity index (χ4n) is 5.61. The Labute approximate surface area is 464 Å². The zero-order valence-corrected chi connectivity index (χ0v) is 45.2. The fourth-order valence-corrected chi connectivity index (χ4v) is 5.61. The van der Waals surface area contributed by atoms with E-state index >= 15 is 0 Å². The van der Waals surface area contributed by atoms with Crippen LogP contribution in [0.1, 0.15) is 0 Å². The van der Waals surface area contributed by atoms with Gasteiger partial charge in [-0.05, 0) is 71.3 Å². The van der Waals surface area contributed by atoms with E-state index < -0.39 is 0 Å². The summed E-state index contributed by atoms with van der Waals surface area (Å²) in [5, 5.41) is 0. The minimum Gasteiger partial charge on any atom is -0.305 e. The van der Waals surface area contributed by atoms with Gasteiger partial charge in [-0.25, -0.2) is 0 Å². The van der Waals surface area contributed by atoms with Gasteiger partial charge in [0.15, 0.2) is 0 Å². The second-order valence-corrected chi connectivity index (χ2v) is 14.2. The number of pyridine rings is 6. The van der Waals surface area contributed by atoms with Crippen molar-refractivity contribution in [3.8, 4) is 45.0 Å². The van der Waals surface area contributed by atoms with E-state index in [2.05, 4.69) is 66.3 Å². The van der Waals surface area contributed by atoms with Crippen molar-refractivity contribution in [3.05, 3.63) is 353 Å². The summed E-state index contributed by atoms with van der Waals surface area (Å²) in [5.74, 6) is 0. The van der Waals surface area contributed by atoms with Gasteiger partial charge in [-0.15, -0.1) is 144 Å². The van der Waals surface area contributed by atoms with Crippen LogP contribution < -0.4 is 0 Å². The Morgan fingerprint density at radius 3 is 0.554 bits per heavy atom. The van der Waals surface area contributed by atoms with Crippen molar-refractivity contribution in [1.29, 1.82) is 0 Å². The minimum absolute atomic E-state index is 0. The third-order valence-electron chi connectivity index (χ3n) is 8.95. The summed E-state index contributed by atoms with van der Waals surface area (Å²) in [6.07, 6.45) is 14.2. The molecule has 0 atom stereocenters. The van der Waals surface area contributed by atoms with Crippen LogP contribution in [0.2, 0.25) is 0 Å². The Balaban J connectivity index is 0.000000226. The van der Waals surface area contributed by atoms with Gasteiger partial charge in [0.2, 0.25) is 0 Å². The zero-order chi connectivity index (χ0) is 49.9. The number of nitrogens with zero attached hydrogens (tertiary/aromatic N) is 6. The summed E-state index contributed by atoms with van der Waals surface area (Å²) in [6, 6.07) is 104. The molecule has 12 rings (SSSR count). The average Bonchev–Trinajstić information content (AvgIpc) is 3.52. The molecule has 0 radical (unpaired) electrons. The number of hydrogen-bond acceptors (Lipinski definition) is 6. The molecule has 0 spiro atoms. The van der Waals surface area contributed by atoms with Gasteiger partial charge in [-0.1, -0.05) is 60.7 Å². The van der Waals surface area contributed by atoms with E-state index in [4.69, 9.17) is 0 Å². The van der Waals surface area contributed by atoms with Gasteiger partial charge >= 0.3 is 40.2 Å². The van der Waals surface area contributed by atoms with Crippen molar-refractivity contribution in [2.24, 2.45) is 0 Å². The van der Waals surface area contributed by atoms with Gasteiger partial charge in [0.25, 0.3) is 0 Å². The van der Waals surface area contributed by atoms with Crippen molar-refractivity contribution >= 4 is 0 Å². The number of aromatic nitrogens is 6. The average molecular weight is 1310 g/mol. The van der Waals surface area contributed by atoms with Crippen molar-refractivity contribution in [3.63, 3.8) is 0 Å². The Morgan fingerprint density at radius 1 is 0.203 bits per heavy atom. The molecule has 8 heteroatoms. The Morgan fingerprint density at radius 2 is 0.419 bits per heavy atom. The van der Waals surface area contributed by atoms with Gasteiger partial charge in [0.05, 0.1) is 0 Å². The van der Waals surface area contributed by atoms with Gasteiger partial charge < -0.3 is 19.9 Å². The van der Waals surface area contributed by atoms with E-state index in [0.29, 0.717) is 0 Å². The fraction of sp³-hybridized carbons (Fsp3) is 0. The normalized spacial score (nSPS) is 8.86. The number of rotatable bonds is 4. The van der Waals surface area contributed by atoms with E-state index in [-0.39, 0.29) is 40.2 Å². The van der Waals surface area contributed by atoms with E-state index in [0.717, 1.165) is 45.0 Å². The Kier molecular flexibility index (Phi) is 33.3. The maximum atomic E-state index is 4.22. The standard InChI is InChI=1S/4C11H8N.2C6H5.2C5H5N.2Ir/c4*1-2-6-10(7-3-1)11-8-4-5-9-12-11;4*1-2-4-6-5-3-1;;/h4*1-6,8-9H;4*1-5H;;/q6*-1;;;2*+3. The van der Waals surface area contributed by atoms with Crippen LogP contribution in [0.3, 0.4) is 0 Å². The maximum Gasteiger partial charge on any atom is 3.00 e. The van der Waals surface area contributed by atoms with E-state index in [1.807, 2.05) is 267 Å². The van der Waals surface area contributed by atoms with Crippen LogP contribution in [0.15, 0.2) is 316 Å². The van der Waals surface area contributed by atoms with E-state index in [1.54, 1.807) is 49.6 Å². The van der Waals surface area contributed by atoms with Crippen LogP contribution in [0.5, 0.6) is 0 Å². The molecule has 0 aliphatic carbocycles. The molecular weight excluding hydrogens is 1260 g/mol. The molecule has 0 unspecified atom stereocenters. The first-order chi connectivity index (χ1) is 35.9. The van der Waals surface area contributed by atoms with Crippen molar-refractivity contribution in [2.45, 2.75) is 0 Å². The van der Waals surface area contributed by atoms with Gasteiger partial charge in [-0.2, -0.15) is 72.8 Å². The molecule has 6 heterocycles. The molecule has 6 nitrogen and oxygen atoms in total. The molecule has 0 fully saturated rings. The summed E-state index contributed by atoms with van der Waals surface area (Å²) < 4.78 is 0. The summed E-state index contributed by atoms with van der Waals surface area (Å²) in [4.78, 5) is 24.4. The van der Waals surface area contributed by atoms with Crippen molar-refractivity contribution < 1.29 is 40.2 Å². The molecule has 74 heavy (non-hydrogen) atoms. The van der Waals surface area contributed by atoms with E-state index in [1.165, 1.54) is 0 Å². The molecule has 12 aromatic rings. The summed E-state index contributed by atoms with van der Waals surface area (Å²) in [5.41, 5.74) is 8.04. The van der Waals surface area contributed by atoms with Crippen LogP contribution in [0, 0.1) is 36.4 Å². The largest absolute Gasteiger partial charge is 3.00 e. The predicted molar refractivity (Wildman–Crippen MR) is 293 cm³/mol. The van der Waals surface area contributed by atoms with Crippen molar-refractivity contribution in [1.82, 2.24) is 29.9 Å².